The van der Waals surface area contributed by atoms with Gasteiger partial charge in [-0.25, -0.2) is 0 Å². The Kier molecular flexibility index (Phi) is 5.01. The highest BCUT2D eigenvalue weighted by Crippen LogP contribution is 2.42. The van der Waals surface area contributed by atoms with E-state index in [1.807, 2.05) is 23.1 Å². The molecule has 0 aromatic heterocycles. The summed E-state index contributed by atoms with van der Waals surface area (Å²) >= 11 is 7.17. The van der Waals surface area contributed by atoms with Crippen LogP contribution in [0.5, 0.6) is 5.75 Å². The highest BCUT2D eigenvalue weighted by atomic mass is 32.2. The first-order valence-electron chi connectivity index (χ1n) is 8.01. The van der Waals surface area contributed by atoms with Gasteiger partial charge in [0, 0.05) is 5.56 Å². The average molecular weight is 374 g/mol. The second-order valence-electron chi connectivity index (χ2n) is 6.56. The van der Waals surface area contributed by atoms with E-state index in [1.54, 1.807) is 42.2 Å². The fraction of sp³-hybridized carbons (Fsp3) is 0.263. The number of hydroxylamine groups is 1. The third-order valence-electron chi connectivity index (χ3n) is 4.12. The van der Waals surface area contributed by atoms with E-state index >= 15 is 0 Å². The van der Waals surface area contributed by atoms with Gasteiger partial charge in [0.25, 0.3) is 6.17 Å². The van der Waals surface area contributed by atoms with E-state index in [2.05, 4.69) is 26.0 Å². The summed E-state index contributed by atoms with van der Waals surface area (Å²) in [5.41, 5.74) is 1.95. The van der Waals surface area contributed by atoms with Crippen LogP contribution in [-0.4, -0.2) is 41.4 Å². The van der Waals surface area contributed by atoms with Crippen molar-refractivity contribution in [2.45, 2.75) is 31.3 Å². The topological polar surface area (TPSA) is 46.7 Å². The molecule has 1 heterocycles. The number of aromatic hydroxyl groups is 1. The summed E-state index contributed by atoms with van der Waals surface area (Å²) in [6, 6.07) is 16.8. The zero-order valence-electron chi connectivity index (χ0n) is 14.2. The van der Waals surface area contributed by atoms with Crippen LogP contribution in [0.3, 0.4) is 0 Å². The molecule has 1 atom stereocenters. The van der Waals surface area contributed by atoms with Gasteiger partial charge in [0.2, 0.25) is 6.21 Å². The Balaban J connectivity index is 1.91. The fourth-order valence-corrected chi connectivity index (χ4v) is 4.87. The van der Waals surface area contributed by atoms with E-state index in [-0.39, 0.29) is 16.7 Å². The molecule has 1 unspecified atom stereocenters. The first-order chi connectivity index (χ1) is 11.9. The summed E-state index contributed by atoms with van der Waals surface area (Å²) < 4.78 is 1.73. The molecule has 1 saturated heterocycles. The molecule has 6 heteroatoms. The van der Waals surface area contributed by atoms with Crippen molar-refractivity contribution in [1.29, 1.82) is 0 Å². The maximum Gasteiger partial charge on any atom is 0.292 e. The highest BCUT2D eigenvalue weighted by molar-refractivity contribution is 8.24. The van der Waals surface area contributed by atoms with E-state index in [9.17, 15) is 10.3 Å². The van der Waals surface area contributed by atoms with Crippen LogP contribution in [-0.2, 0) is 6.54 Å². The average Bonchev–Trinajstić information content (AvgIpc) is 2.79. The van der Waals surface area contributed by atoms with Gasteiger partial charge in [0.1, 0.15) is 14.8 Å². The summed E-state index contributed by atoms with van der Waals surface area (Å²) in [5.74, 6) is 0.199. The van der Waals surface area contributed by atoms with Gasteiger partial charge in [-0.05, 0) is 48.4 Å². The van der Waals surface area contributed by atoms with Crippen molar-refractivity contribution < 1.29 is 15.1 Å². The Morgan fingerprint density at radius 1 is 1.16 bits per heavy atom. The van der Waals surface area contributed by atoms with Gasteiger partial charge in [-0.1, -0.05) is 54.3 Å². The number of phenols is 1. The Labute approximate surface area is 157 Å². The third kappa shape index (κ3) is 3.96. The van der Waals surface area contributed by atoms with Crippen molar-refractivity contribution >= 4 is 34.5 Å². The zero-order chi connectivity index (χ0) is 18.0. The monoisotopic (exact) mass is 373 g/mol. The predicted octanol–water partition coefficient (Wildman–Crippen LogP) is 3.85. The van der Waals surface area contributed by atoms with Crippen LogP contribution in [0.2, 0.25) is 0 Å². The van der Waals surface area contributed by atoms with Crippen LogP contribution in [0.1, 0.15) is 25.0 Å². The second kappa shape index (κ2) is 7.06. The predicted molar refractivity (Wildman–Crippen MR) is 105 cm³/mol. The normalized spacial score (nSPS) is 20.1. The quantitative estimate of drug-likeness (QED) is 0.280. The first-order valence-corrected chi connectivity index (χ1v) is 9.24. The van der Waals surface area contributed by atoms with Gasteiger partial charge in [0.15, 0.2) is 0 Å². The lowest BCUT2D eigenvalue weighted by Crippen LogP contribution is -2.48. The molecule has 1 fully saturated rings. The Morgan fingerprint density at radius 2 is 1.80 bits per heavy atom. The lowest BCUT2D eigenvalue weighted by atomic mass is 10.1. The van der Waals surface area contributed by atoms with Gasteiger partial charge >= 0.3 is 0 Å². The summed E-state index contributed by atoms with van der Waals surface area (Å²) in [4.78, 5) is 2.05. The summed E-state index contributed by atoms with van der Waals surface area (Å²) in [5, 5.41) is 20.2. The number of nitrogens with zero attached hydrogens (tertiary/aromatic N) is 2. The maximum absolute atomic E-state index is 10.8. The van der Waals surface area contributed by atoms with E-state index in [1.165, 1.54) is 4.74 Å². The van der Waals surface area contributed by atoms with Crippen molar-refractivity contribution in [2.75, 3.05) is 0 Å². The standard InChI is InChI=1S/C19H20N2O2S2/c1-19(2)17(21(23)13-15-8-10-16(22)11-9-15)20(18(24)25-19)12-14-6-4-3-5-7-14/h3-11,13,17,23H,12H2,1-2H3/p+1. The Morgan fingerprint density at radius 3 is 2.44 bits per heavy atom. The molecule has 0 radical (unpaired) electrons. The van der Waals surface area contributed by atoms with Crippen molar-refractivity contribution in [3.05, 3.63) is 65.7 Å². The van der Waals surface area contributed by atoms with Gasteiger partial charge in [0.05, 0.1) is 6.54 Å². The van der Waals surface area contributed by atoms with Crippen LogP contribution in [0, 0.1) is 0 Å². The summed E-state index contributed by atoms with van der Waals surface area (Å²) in [6.07, 6.45) is 1.37. The number of benzene rings is 2. The minimum atomic E-state index is -0.293. The van der Waals surface area contributed by atoms with Crippen LogP contribution in [0.25, 0.3) is 0 Å². The van der Waals surface area contributed by atoms with Crippen LogP contribution < -0.4 is 0 Å². The Bertz CT molecular complexity index is 789. The number of phenolic OH excluding ortho intramolecular Hbond substituents is 1. The molecule has 130 valence electrons. The molecule has 1 aliphatic heterocycles. The van der Waals surface area contributed by atoms with Gasteiger partial charge in [-0.15, -0.1) is 0 Å². The molecule has 0 amide bonds. The minimum Gasteiger partial charge on any atom is -0.508 e. The van der Waals surface area contributed by atoms with E-state index < -0.39 is 0 Å². The molecular formula is C19H21N2O2S2+. The largest absolute Gasteiger partial charge is 0.508 e. The first kappa shape index (κ1) is 17.8. The van der Waals surface area contributed by atoms with E-state index in [0.29, 0.717) is 6.54 Å². The lowest BCUT2D eigenvalue weighted by molar-refractivity contribution is -0.808. The fourth-order valence-electron chi connectivity index (χ4n) is 2.99. The molecule has 0 aliphatic carbocycles. The molecule has 3 rings (SSSR count). The smallest absolute Gasteiger partial charge is 0.292 e. The molecule has 2 N–H and O–H groups in total. The Hall–Kier alpha value is -2.05. The van der Waals surface area contributed by atoms with Crippen molar-refractivity contribution in [2.24, 2.45) is 0 Å². The summed E-state index contributed by atoms with van der Waals surface area (Å²) in [7, 11) is 0. The molecule has 2 aromatic rings. The van der Waals surface area contributed by atoms with Crippen LogP contribution >= 0.6 is 24.0 Å². The van der Waals surface area contributed by atoms with E-state index in [0.717, 1.165) is 15.4 Å². The molecule has 0 saturated carbocycles. The van der Waals surface area contributed by atoms with Crippen molar-refractivity contribution in [3.63, 3.8) is 0 Å². The molecule has 0 spiro atoms. The van der Waals surface area contributed by atoms with E-state index in [4.69, 9.17) is 12.2 Å². The molecule has 4 nitrogen and oxygen atoms in total. The van der Waals surface area contributed by atoms with Gasteiger partial charge in [-0.2, -0.15) is 0 Å². The zero-order valence-corrected chi connectivity index (χ0v) is 15.8. The molecule has 25 heavy (non-hydrogen) atoms. The molecule has 0 bridgehead atoms. The highest BCUT2D eigenvalue weighted by Gasteiger charge is 2.52. The number of thiocarbonyl (C=S) groups is 1. The van der Waals surface area contributed by atoms with Crippen molar-refractivity contribution in [3.8, 4) is 5.75 Å². The van der Waals surface area contributed by atoms with Crippen LogP contribution in [0.4, 0.5) is 0 Å². The van der Waals surface area contributed by atoms with Gasteiger partial charge < -0.3 is 5.11 Å². The number of hydrogen-bond donors (Lipinski definition) is 2. The third-order valence-corrected chi connectivity index (χ3v) is 5.75. The van der Waals surface area contributed by atoms with Crippen molar-refractivity contribution in [1.82, 2.24) is 4.90 Å². The lowest BCUT2D eigenvalue weighted by Gasteiger charge is -2.25. The summed E-state index contributed by atoms with van der Waals surface area (Å²) in [6.45, 7) is 4.79. The van der Waals surface area contributed by atoms with Crippen LogP contribution in [0.15, 0.2) is 54.6 Å². The molecular weight excluding hydrogens is 352 g/mol. The van der Waals surface area contributed by atoms with Gasteiger partial charge in [-0.3, -0.25) is 10.1 Å². The number of rotatable bonds is 4. The number of hydrogen-bond acceptors (Lipinski definition) is 4. The SMILES string of the molecule is CC1(C)SC(=S)N(Cc2ccccc2)C1[N+](O)=Cc1ccc(O)cc1. The minimum absolute atomic E-state index is 0.199. The number of thioether (sulfide) groups is 1. The molecule has 1 aliphatic rings. The maximum atomic E-state index is 10.8. The second-order valence-corrected chi connectivity index (χ2v) is 8.85. The molecule has 2 aromatic carbocycles.